The molecule has 7 heteroatoms. The average Bonchev–Trinajstić information content (AvgIpc) is 2.68. The van der Waals surface area contributed by atoms with Crippen LogP contribution in [0.2, 0.25) is 5.02 Å². The number of hydrogen-bond acceptors (Lipinski definition) is 3. The molecule has 0 amide bonds. The van der Waals surface area contributed by atoms with Crippen LogP contribution in [-0.4, -0.2) is 14.3 Å². The van der Waals surface area contributed by atoms with Crippen molar-refractivity contribution >= 4 is 33.1 Å². The molecule has 3 aromatic carbocycles. The molecule has 3 aromatic rings. The van der Waals surface area contributed by atoms with E-state index in [2.05, 4.69) is 15.2 Å². The molecule has 0 heterocycles. The molecule has 0 aliphatic carbocycles. The minimum atomic E-state index is -3.73. The number of aliphatic imine (C=N–C) groups is 1. The summed E-state index contributed by atoms with van der Waals surface area (Å²) >= 11 is 5.90. The molecule has 132 valence electrons. The highest BCUT2D eigenvalue weighted by atomic mass is 35.5. The fraction of sp³-hybridized carbons (Fsp3) is 0. The molecule has 0 aromatic heterocycles. The summed E-state index contributed by atoms with van der Waals surface area (Å²) in [6, 6.07) is 24.3. The molecule has 0 atom stereocenters. The number of nitrogens with zero attached hydrogens (tertiary/aromatic N) is 1. The lowest BCUT2D eigenvalue weighted by Gasteiger charge is -2.12. The van der Waals surface area contributed by atoms with Crippen LogP contribution < -0.4 is 10.3 Å². The molecule has 0 aliphatic rings. The molecule has 0 saturated heterocycles. The van der Waals surface area contributed by atoms with Crippen LogP contribution in [0.3, 0.4) is 0 Å². The minimum absolute atomic E-state index is 0.159. The Labute approximate surface area is 157 Å². The molecule has 0 radical (unpaired) electrons. The number of amidine groups is 1. The Morgan fingerprint density at radius 2 is 1.38 bits per heavy atom. The number of sulfonamides is 1. The van der Waals surface area contributed by atoms with Crippen molar-refractivity contribution in [1.29, 1.82) is 0 Å². The molecular weight excluding hydrogens is 370 g/mol. The van der Waals surface area contributed by atoms with Gasteiger partial charge in [0.1, 0.15) is 5.84 Å². The second kappa shape index (κ2) is 8.14. The van der Waals surface area contributed by atoms with E-state index in [4.69, 9.17) is 11.6 Å². The lowest BCUT2D eigenvalue weighted by Crippen LogP contribution is -2.41. The van der Waals surface area contributed by atoms with Gasteiger partial charge in [-0.3, -0.25) is 5.43 Å². The van der Waals surface area contributed by atoms with Crippen molar-refractivity contribution in [1.82, 2.24) is 10.3 Å². The Hall–Kier alpha value is -2.67. The molecule has 26 heavy (non-hydrogen) atoms. The van der Waals surface area contributed by atoms with Crippen molar-refractivity contribution in [2.75, 3.05) is 0 Å². The number of nitrogens with one attached hydrogen (secondary N) is 2. The Morgan fingerprint density at radius 3 is 2.00 bits per heavy atom. The quantitative estimate of drug-likeness (QED) is 0.397. The third-order valence-corrected chi connectivity index (χ3v) is 4.99. The molecule has 0 fully saturated rings. The van der Waals surface area contributed by atoms with Crippen molar-refractivity contribution in [2.24, 2.45) is 4.99 Å². The fourth-order valence-electron chi connectivity index (χ4n) is 2.18. The topological polar surface area (TPSA) is 70.6 Å². The lowest BCUT2D eigenvalue weighted by atomic mass is 10.2. The van der Waals surface area contributed by atoms with Crippen molar-refractivity contribution < 1.29 is 8.42 Å². The molecule has 3 rings (SSSR count). The molecule has 0 saturated carbocycles. The second-order valence-electron chi connectivity index (χ2n) is 5.35. The van der Waals surface area contributed by atoms with Crippen LogP contribution in [-0.2, 0) is 10.0 Å². The van der Waals surface area contributed by atoms with Crippen molar-refractivity contribution in [3.05, 3.63) is 95.5 Å². The van der Waals surface area contributed by atoms with E-state index in [0.717, 1.165) is 5.56 Å². The zero-order valence-electron chi connectivity index (χ0n) is 13.6. The first-order valence-electron chi connectivity index (χ1n) is 7.77. The van der Waals surface area contributed by atoms with Gasteiger partial charge >= 0.3 is 0 Å². The highest BCUT2D eigenvalue weighted by Gasteiger charge is 2.14. The van der Waals surface area contributed by atoms with Gasteiger partial charge in [-0.1, -0.05) is 60.1 Å². The summed E-state index contributed by atoms with van der Waals surface area (Å²) in [7, 11) is -3.73. The number of hydrazine groups is 1. The van der Waals surface area contributed by atoms with Crippen molar-refractivity contribution in [3.63, 3.8) is 0 Å². The Bertz CT molecular complexity index is 990. The standard InChI is InChI=1S/C19H16ClN3O2S/c20-16-11-13-17(14-12-16)21-19(15-7-3-1-4-8-15)22-23-26(24,25)18-9-5-2-6-10-18/h1-14,23H,(H,21,22). The van der Waals surface area contributed by atoms with Gasteiger partial charge in [0.25, 0.3) is 10.0 Å². The third kappa shape index (κ3) is 4.70. The lowest BCUT2D eigenvalue weighted by molar-refractivity contribution is 0.577. The van der Waals surface area contributed by atoms with E-state index in [1.807, 2.05) is 30.3 Å². The Balaban J connectivity index is 1.88. The smallest absolute Gasteiger partial charge is 0.257 e. The summed E-state index contributed by atoms with van der Waals surface area (Å²) in [5.74, 6) is 0.368. The first kappa shape index (κ1) is 18.1. The number of hydrogen-bond donors (Lipinski definition) is 2. The maximum Gasteiger partial charge on any atom is 0.257 e. The van der Waals surface area contributed by atoms with Crippen LogP contribution in [0.15, 0.2) is 94.8 Å². The summed E-state index contributed by atoms with van der Waals surface area (Å²) in [6.07, 6.45) is 0. The van der Waals surface area contributed by atoms with E-state index in [1.165, 1.54) is 12.1 Å². The Morgan fingerprint density at radius 1 is 0.808 bits per heavy atom. The van der Waals surface area contributed by atoms with Gasteiger partial charge in [0.2, 0.25) is 0 Å². The highest BCUT2D eigenvalue weighted by molar-refractivity contribution is 7.89. The first-order chi connectivity index (χ1) is 12.5. The monoisotopic (exact) mass is 385 g/mol. The van der Waals surface area contributed by atoms with Gasteiger partial charge in [-0.15, -0.1) is 4.83 Å². The van der Waals surface area contributed by atoms with Gasteiger partial charge in [0.05, 0.1) is 10.6 Å². The molecular formula is C19H16ClN3O2S. The van der Waals surface area contributed by atoms with E-state index >= 15 is 0 Å². The fourth-order valence-corrected chi connectivity index (χ4v) is 3.17. The largest absolute Gasteiger partial charge is 0.291 e. The van der Waals surface area contributed by atoms with E-state index in [-0.39, 0.29) is 4.90 Å². The average molecular weight is 386 g/mol. The number of halogens is 1. The molecule has 0 aliphatic heterocycles. The summed E-state index contributed by atoms with van der Waals surface area (Å²) in [6.45, 7) is 0. The van der Waals surface area contributed by atoms with E-state index in [9.17, 15) is 8.42 Å². The van der Waals surface area contributed by atoms with Crippen LogP contribution in [0.25, 0.3) is 0 Å². The first-order valence-corrected chi connectivity index (χ1v) is 9.63. The Kier molecular flexibility index (Phi) is 5.68. The van der Waals surface area contributed by atoms with Crippen molar-refractivity contribution in [3.8, 4) is 0 Å². The van der Waals surface area contributed by atoms with Crippen LogP contribution in [0.4, 0.5) is 5.69 Å². The molecule has 0 bridgehead atoms. The minimum Gasteiger partial charge on any atom is -0.291 e. The molecule has 0 unspecified atom stereocenters. The zero-order valence-corrected chi connectivity index (χ0v) is 15.2. The molecule has 2 N–H and O–H groups in total. The third-order valence-electron chi connectivity index (χ3n) is 3.47. The van der Waals surface area contributed by atoms with Gasteiger partial charge in [-0.2, -0.15) is 0 Å². The van der Waals surface area contributed by atoms with Crippen LogP contribution in [0, 0.1) is 0 Å². The highest BCUT2D eigenvalue weighted by Crippen LogP contribution is 2.17. The maximum absolute atomic E-state index is 12.4. The van der Waals surface area contributed by atoms with Crippen LogP contribution in [0.5, 0.6) is 0 Å². The predicted molar refractivity (Wildman–Crippen MR) is 104 cm³/mol. The summed E-state index contributed by atoms with van der Waals surface area (Å²) in [4.78, 5) is 7.02. The summed E-state index contributed by atoms with van der Waals surface area (Å²) < 4.78 is 24.8. The predicted octanol–water partition coefficient (Wildman–Crippen LogP) is 3.90. The van der Waals surface area contributed by atoms with Gasteiger partial charge < -0.3 is 0 Å². The van der Waals surface area contributed by atoms with Crippen LogP contribution >= 0.6 is 11.6 Å². The number of rotatable bonds is 5. The van der Waals surface area contributed by atoms with Gasteiger partial charge in [0, 0.05) is 10.6 Å². The molecule has 5 nitrogen and oxygen atoms in total. The molecule has 0 spiro atoms. The summed E-state index contributed by atoms with van der Waals surface area (Å²) in [5.41, 5.74) is 4.09. The van der Waals surface area contributed by atoms with Gasteiger partial charge in [-0.25, -0.2) is 13.4 Å². The van der Waals surface area contributed by atoms with Crippen molar-refractivity contribution in [2.45, 2.75) is 4.90 Å². The van der Waals surface area contributed by atoms with Gasteiger partial charge in [-0.05, 0) is 36.4 Å². The number of benzene rings is 3. The van der Waals surface area contributed by atoms with E-state index in [0.29, 0.717) is 16.5 Å². The van der Waals surface area contributed by atoms with E-state index < -0.39 is 10.0 Å². The zero-order chi connectivity index (χ0) is 18.4. The normalized spacial score (nSPS) is 12.0. The maximum atomic E-state index is 12.4. The SMILES string of the molecule is O=S(=O)(NNC(=Nc1ccc(Cl)cc1)c1ccccc1)c1ccccc1. The van der Waals surface area contributed by atoms with Gasteiger partial charge in [0.15, 0.2) is 0 Å². The second-order valence-corrected chi connectivity index (χ2v) is 7.47. The van der Waals surface area contributed by atoms with E-state index in [1.54, 1.807) is 42.5 Å². The van der Waals surface area contributed by atoms with Crippen LogP contribution in [0.1, 0.15) is 5.56 Å². The summed E-state index contributed by atoms with van der Waals surface area (Å²) in [5, 5.41) is 0.600.